The number of nitrogens with one attached hydrogen (secondary N) is 1. The van der Waals surface area contributed by atoms with Gasteiger partial charge >= 0.3 is 0 Å². The van der Waals surface area contributed by atoms with E-state index in [-0.39, 0.29) is 11.7 Å². The van der Waals surface area contributed by atoms with Crippen LogP contribution in [0.3, 0.4) is 0 Å². The van der Waals surface area contributed by atoms with Crippen molar-refractivity contribution in [1.82, 2.24) is 10.3 Å². The first kappa shape index (κ1) is 11.1. The molecule has 0 fully saturated rings. The summed E-state index contributed by atoms with van der Waals surface area (Å²) in [6.45, 7) is 3.71. The van der Waals surface area contributed by atoms with Gasteiger partial charge in [-0.25, -0.2) is 0 Å². The summed E-state index contributed by atoms with van der Waals surface area (Å²) in [4.78, 5) is 15.3. The monoisotopic (exact) mass is 228 g/mol. The molecule has 1 amide bonds. The molecule has 86 valence electrons. The zero-order chi connectivity index (χ0) is 12.3. The summed E-state index contributed by atoms with van der Waals surface area (Å²) in [5.74, 6) is -0.107. The van der Waals surface area contributed by atoms with Gasteiger partial charge in [0.05, 0.1) is 5.52 Å². The Balaban J connectivity index is 2.38. The molecule has 17 heavy (non-hydrogen) atoms. The van der Waals surface area contributed by atoms with Crippen molar-refractivity contribution in [1.29, 1.82) is 0 Å². The van der Waals surface area contributed by atoms with Gasteiger partial charge in [0, 0.05) is 24.2 Å². The number of carbonyl (C=O) groups excluding carboxylic acids is 1. The lowest BCUT2D eigenvalue weighted by Crippen LogP contribution is -2.20. The highest BCUT2D eigenvalue weighted by atomic mass is 16.3. The number of benzene rings is 1. The number of aromatic hydroxyl groups is 1. The predicted octanol–water partition coefficient (Wildman–Crippen LogP) is 1.74. The number of aromatic nitrogens is 1. The Labute approximate surface area is 98.6 Å². The molecule has 1 heterocycles. The van der Waals surface area contributed by atoms with Crippen LogP contribution < -0.4 is 5.32 Å². The number of rotatable bonds is 3. The molecule has 4 nitrogen and oxygen atoms in total. The third-order valence-electron chi connectivity index (χ3n) is 2.43. The molecule has 1 aromatic heterocycles. The Morgan fingerprint density at radius 3 is 3.12 bits per heavy atom. The number of nitrogens with zero attached hydrogens (tertiary/aromatic N) is 1. The standard InChI is InChI=1S/C13H12N2O2/c1-2-13(17)15-8-9-6-10(16)7-12-11(9)4-3-5-14-12/h2-7,16H,1,8H2,(H,15,17). The molecule has 0 radical (unpaired) electrons. The number of phenolic OH excluding ortho intramolecular Hbond substituents is 1. The zero-order valence-electron chi connectivity index (χ0n) is 9.18. The van der Waals surface area contributed by atoms with Crippen LogP contribution in [0.15, 0.2) is 43.1 Å². The van der Waals surface area contributed by atoms with Crippen molar-refractivity contribution in [2.45, 2.75) is 6.54 Å². The summed E-state index contributed by atoms with van der Waals surface area (Å²) in [6, 6.07) is 6.93. The lowest BCUT2D eigenvalue weighted by Gasteiger charge is -2.07. The molecule has 0 unspecified atom stereocenters. The Hall–Kier alpha value is -2.36. The Morgan fingerprint density at radius 2 is 2.35 bits per heavy atom. The van der Waals surface area contributed by atoms with E-state index in [1.54, 1.807) is 18.3 Å². The smallest absolute Gasteiger partial charge is 0.243 e. The van der Waals surface area contributed by atoms with E-state index in [1.807, 2.05) is 12.1 Å². The van der Waals surface area contributed by atoms with Gasteiger partial charge < -0.3 is 10.4 Å². The van der Waals surface area contributed by atoms with Crippen LogP contribution >= 0.6 is 0 Å². The van der Waals surface area contributed by atoms with Gasteiger partial charge in [0.15, 0.2) is 0 Å². The minimum absolute atomic E-state index is 0.138. The second-order valence-electron chi connectivity index (χ2n) is 3.60. The van der Waals surface area contributed by atoms with Gasteiger partial charge in [-0.1, -0.05) is 12.6 Å². The van der Waals surface area contributed by atoms with E-state index in [4.69, 9.17) is 0 Å². The van der Waals surface area contributed by atoms with Gasteiger partial charge in [0.1, 0.15) is 5.75 Å². The molecule has 0 saturated heterocycles. The Bertz CT molecular complexity index is 579. The van der Waals surface area contributed by atoms with Crippen molar-refractivity contribution in [2.75, 3.05) is 0 Å². The fourth-order valence-corrected chi connectivity index (χ4v) is 1.64. The normalized spacial score (nSPS) is 10.1. The van der Waals surface area contributed by atoms with Gasteiger partial charge in [-0.2, -0.15) is 0 Å². The maximum atomic E-state index is 11.1. The molecule has 2 aromatic rings. The van der Waals surface area contributed by atoms with E-state index in [9.17, 15) is 9.90 Å². The number of carbonyl (C=O) groups is 1. The molecule has 0 aliphatic rings. The van der Waals surface area contributed by atoms with Crippen molar-refractivity contribution >= 4 is 16.8 Å². The topological polar surface area (TPSA) is 62.2 Å². The lowest BCUT2D eigenvalue weighted by atomic mass is 10.1. The van der Waals surface area contributed by atoms with Crippen LogP contribution in [-0.2, 0) is 11.3 Å². The summed E-state index contributed by atoms with van der Waals surface area (Å²) in [5.41, 5.74) is 1.53. The maximum absolute atomic E-state index is 11.1. The fourth-order valence-electron chi connectivity index (χ4n) is 1.64. The molecular weight excluding hydrogens is 216 g/mol. The van der Waals surface area contributed by atoms with Crippen molar-refractivity contribution in [3.05, 3.63) is 48.7 Å². The summed E-state index contributed by atoms with van der Waals surface area (Å²) < 4.78 is 0. The lowest BCUT2D eigenvalue weighted by molar-refractivity contribution is -0.116. The van der Waals surface area contributed by atoms with Crippen LogP contribution in [0.4, 0.5) is 0 Å². The molecule has 0 saturated carbocycles. The van der Waals surface area contributed by atoms with Crippen molar-refractivity contribution in [2.24, 2.45) is 0 Å². The molecule has 1 aromatic carbocycles. The highest BCUT2D eigenvalue weighted by Crippen LogP contribution is 2.22. The van der Waals surface area contributed by atoms with E-state index in [0.717, 1.165) is 10.9 Å². The third kappa shape index (κ3) is 2.42. The quantitative estimate of drug-likeness (QED) is 0.786. The average Bonchev–Trinajstić information content (AvgIpc) is 2.35. The van der Waals surface area contributed by atoms with Crippen LogP contribution in [0.25, 0.3) is 10.9 Å². The van der Waals surface area contributed by atoms with Crippen molar-refractivity contribution in [3.63, 3.8) is 0 Å². The molecule has 2 rings (SSSR count). The van der Waals surface area contributed by atoms with E-state index in [2.05, 4.69) is 16.9 Å². The SMILES string of the molecule is C=CC(=O)NCc1cc(O)cc2ncccc12. The van der Waals surface area contributed by atoms with Gasteiger partial charge in [0.25, 0.3) is 0 Å². The highest BCUT2D eigenvalue weighted by Gasteiger charge is 2.05. The highest BCUT2D eigenvalue weighted by molar-refractivity contribution is 5.88. The predicted molar refractivity (Wildman–Crippen MR) is 65.5 cm³/mol. The fraction of sp³-hybridized carbons (Fsp3) is 0.0769. The van der Waals surface area contributed by atoms with Gasteiger partial charge in [-0.05, 0) is 23.8 Å². The van der Waals surface area contributed by atoms with E-state index >= 15 is 0 Å². The first-order valence-electron chi connectivity index (χ1n) is 5.17. The Morgan fingerprint density at radius 1 is 1.53 bits per heavy atom. The first-order chi connectivity index (χ1) is 8.20. The van der Waals surface area contributed by atoms with Crippen LogP contribution in [0.1, 0.15) is 5.56 Å². The molecule has 0 bridgehead atoms. The van der Waals surface area contributed by atoms with E-state index in [1.165, 1.54) is 6.08 Å². The van der Waals surface area contributed by atoms with E-state index < -0.39 is 0 Å². The van der Waals surface area contributed by atoms with Gasteiger partial charge in [-0.3, -0.25) is 9.78 Å². The minimum atomic E-state index is -0.245. The first-order valence-corrected chi connectivity index (χ1v) is 5.17. The summed E-state index contributed by atoms with van der Waals surface area (Å²) in [5, 5.41) is 13.1. The van der Waals surface area contributed by atoms with Gasteiger partial charge in [-0.15, -0.1) is 0 Å². The molecule has 2 N–H and O–H groups in total. The van der Waals surface area contributed by atoms with Crippen LogP contribution in [0.5, 0.6) is 5.75 Å². The number of amides is 1. The summed E-state index contributed by atoms with van der Waals surface area (Å²) in [6.07, 6.45) is 2.87. The van der Waals surface area contributed by atoms with Crippen LogP contribution in [0.2, 0.25) is 0 Å². The largest absolute Gasteiger partial charge is 0.508 e. The van der Waals surface area contributed by atoms with E-state index in [0.29, 0.717) is 12.1 Å². The molecule has 0 aliphatic heterocycles. The summed E-state index contributed by atoms with van der Waals surface area (Å²) in [7, 11) is 0. The molecule has 4 heteroatoms. The maximum Gasteiger partial charge on any atom is 0.243 e. The second kappa shape index (κ2) is 4.65. The minimum Gasteiger partial charge on any atom is -0.508 e. The molecular formula is C13H12N2O2. The van der Waals surface area contributed by atoms with Gasteiger partial charge in [0.2, 0.25) is 5.91 Å². The molecule has 0 spiro atoms. The number of fused-ring (bicyclic) bond motifs is 1. The number of hydrogen-bond donors (Lipinski definition) is 2. The second-order valence-corrected chi connectivity index (χ2v) is 3.60. The summed E-state index contributed by atoms with van der Waals surface area (Å²) >= 11 is 0. The van der Waals surface area contributed by atoms with Crippen molar-refractivity contribution < 1.29 is 9.90 Å². The number of hydrogen-bond acceptors (Lipinski definition) is 3. The molecule has 0 atom stereocenters. The molecule has 0 aliphatic carbocycles. The average molecular weight is 228 g/mol. The van der Waals surface area contributed by atoms with Crippen LogP contribution in [-0.4, -0.2) is 16.0 Å². The Kier molecular flexibility index (Phi) is 3.05. The zero-order valence-corrected chi connectivity index (χ0v) is 9.18. The third-order valence-corrected chi connectivity index (χ3v) is 2.43. The van der Waals surface area contributed by atoms with Crippen molar-refractivity contribution in [3.8, 4) is 5.75 Å². The number of pyridine rings is 1. The number of phenols is 1. The van der Waals surface area contributed by atoms with Crippen LogP contribution in [0, 0.1) is 0 Å².